The summed E-state index contributed by atoms with van der Waals surface area (Å²) in [5.41, 5.74) is 0.356. The zero-order valence-corrected chi connectivity index (χ0v) is 13.3. The first-order valence-corrected chi connectivity index (χ1v) is 8.77. The van der Waals surface area contributed by atoms with Crippen LogP contribution in [-0.4, -0.2) is 57.8 Å². The summed E-state index contributed by atoms with van der Waals surface area (Å²) in [5, 5.41) is 8.00. The van der Waals surface area contributed by atoms with Crippen molar-refractivity contribution in [3.8, 4) is 0 Å². The number of ether oxygens (including phenoxy) is 1. The Morgan fingerprint density at radius 3 is 2.95 bits per heavy atom. The maximum absolute atomic E-state index is 12.7. The summed E-state index contributed by atoms with van der Waals surface area (Å²) in [4.78, 5) is 14.7. The second kappa shape index (κ2) is 6.94. The van der Waals surface area contributed by atoms with Crippen LogP contribution in [0.5, 0.6) is 0 Å². The summed E-state index contributed by atoms with van der Waals surface area (Å²) in [6.45, 7) is 1.45. The second-order valence-electron chi connectivity index (χ2n) is 5.35. The van der Waals surface area contributed by atoms with Crippen molar-refractivity contribution in [2.24, 2.45) is 0 Å². The van der Waals surface area contributed by atoms with Crippen LogP contribution >= 0.6 is 23.4 Å². The van der Waals surface area contributed by atoms with Gasteiger partial charge >= 0.3 is 0 Å². The normalized spacial score (nSPS) is 25.2. The van der Waals surface area contributed by atoms with Gasteiger partial charge in [-0.15, -0.1) is 10.2 Å². The lowest BCUT2D eigenvalue weighted by Crippen LogP contribution is -2.45. The Morgan fingerprint density at radius 2 is 2.33 bits per heavy atom. The van der Waals surface area contributed by atoms with E-state index in [2.05, 4.69) is 10.2 Å². The quantitative estimate of drug-likeness (QED) is 0.849. The summed E-state index contributed by atoms with van der Waals surface area (Å²) in [6, 6.07) is 3.52. The number of nitrogens with zero attached hydrogens (tertiary/aromatic N) is 3. The van der Waals surface area contributed by atoms with Crippen LogP contribution in [0, 0.1) is 0 Å². The van der Waals surface area contributed by atoms with Crippen LogP contribution in [0.3, 0.4) is 0 Å². The maximum atomic E-state index is 12.7. The zero-order valence-electron chi connectivity index (χ0n) is 11.7. The molecule has 7 heteroatoms. The predicted molar refractivity (Wildman–Crippen MR) is 82.8 cm³/mol. The largest absolute Gasteiger partial charge is 0.376 e. The minimum absolute atomic E-state index is 0.0674. The fourth-order valence-corrected chi connectivity index (χ4v) is 4.08. The molecule has 0 saturated carbocycles. The van der Waals surface area contributed by atoms with E-state index in [4.69, 9.17) is 16.3 Å². The standard InChI is InChI=1S/C14H18ClN3O2S/c15-13-4-3-12(16-17-13)14(19)18(10-5-7-21-9-10)8-11-2-1-6-20-11/h3-4,10-11H,1-2,5-9H2. The third-order valence-electron chi connectivity index (χ3n) is 3.88. The van der Waals surface area contributed by atoms with E-state index in [9.17, 15) is 4.79 Å². The first kappa shape index (κ1) is 15.1. The molecule has 2 saturated heterocycles. The predicted octanol–water partition coefficient (Wildman–Crippen LogP) is 2.26. The van der Waals surface area contributed by atoms with Crippen molar-refractivity contribution >= 4 is 29.3 Å². The number of carbonyl (C=O) groups excluding carboxylic acids is 1. The summed E-state index contributed by atoms with van der Waals surface area (Å²) in [5.74, 6) is 2.02. The number of thioether (sulfide) groups is 1. The van der Waals surface area contributed by atoms with Crippen LogP contribution in [0.15, 0.2) is 12.1 Å². The van der Waals surface area contributed by atoms with Gasteiger partial charge in [-0.3, -0.25) is 4.79 Å². The van der Waals surface area contributed by atoms with E-state index in [-0.39, 0.29) is 18.1 Å². The molecule has 21 heavy (non-hydrogen) atoms. The smallest absolute Gasteiger partial charge is 0.274 e. The molecule has 2 aliphatic rings. The summed E-state index contributed by atoms with van der Waals surface area (Å²) in [6.07, 6.45) is 3.28. The third-order valence-corrected chi connectivity index (χ3v) is 5.23. The monoisotopic (exact) mass is 327 g/mol. The van der Waals surface area contributed by atoms with Crippen molar-refractivity contribution in [3.63, 3.8) is 0 Å². The van der Waals surface area contributed by atoms with Gasteiger partial charge < -0.3 is 9.64 Å². The van der Waals surface area contributed by atoms with Crippen molar-refractivity contribution in [2.75, 3.05) is 24.7 Å². The van der Waals surface area contributed by atoms with Gasteiger partial charge in [-0.05, 0) is 37.1 Å². The van der Waals surface area contributed by atoms with E-state index in [1.54, 1.807) is 12.1 Å². The third kappa shape index (κ3) is 3.67. The highest BCUT2D eigenvalue weighted by Crippen LogP contribution is 2.25. The van der Waals surface area contributed by atoms with Crippen LogP contribution < -0.4 is 0 Å². The molecule has 0 spiro atoms. The highest BCUT2D eigenvalue weighted by atomic mass is 35.5. The first-order valence-electron chi connectivity index (χ1n) is 7.23. The van der Waals surface area contributed by atoms with Gasteiger partial charge in [-0.25, -0.2) is 0 Å². The van der Waals surface area contributed by atoms with Gasteiger partial charge in [-0.2, -0.15) is 11.8 Å². The van der Waals surface area contributed by atoms with E-state index >= 15 is 0 Å². The van der Waals surface area contributed by atoms with Crippen molar-refractivity contribution in [3.05, 3.63) is 23.0 Å². The first-order chi connectivity index (χ1) is 10.2. The van der Waals surface area contributed by atoms with Crippen LogP contribution in [0.25, 0.3) is 0 Å². The Kier molecular flexibility index (Phi) is 4.98. The summed E-state index contributed by atoms with van der Waals surface area (Å²) >= 11 is 7.63. The van der Waals surface area contributed by atoms with E-state index < -0.39 is 0 Å². The molecule has 2 unspecified atom stereocenters. The van der Waals surface area contributed by atoms with Gasteiger partial charge in [0.1, 0.15) is 0 Å². The minimum Gasteiger partial charge on any atom is -0.376 e. The Hall–Kier alpha value is -0.850. The molecular weight excluding hydrogens is 310 g/mol. The lowest BCUT2D eigenvalue weighted by molar-refractivity contribution is 0.0436. The van der Waals surface area contributed by atoms with Crippen LogP contribution in [0.1, 0.15) is 29.8 Å². The van der Waals surface area contributed by atoms with Gasteiger partial charge in [0.2, 0.25) is 0 Å². The Balaban J connectivity index is 1.76. The molecule has 114 valence electrons. The average molecular weight is 328 g/mol. The number of hydrogen-bond acceptors (Lipinski definition) is 5. The Morgan fingerprint density at radius 1 is 1.43 bits per heavy atom. The number of halogens is 1. The molecule has 3 rings (SSSR count). The van der Waals surface area contributed by atoms with E-state index in [1.165, 1.54) is 0 Å². The fourth-order valence-electron chi connectivity index (χ4n) is 2.75. The number of aromatic nitrogens is 2. The molecule has 1 aromatic heterocycles. The Labute approximate surface area is 133 Å². The molecule has 0 aliphatic carbocycles. The molecule has 0 N–H and O–H groups in total. The number of hydrogen-bond donors (Lipinski definition) is 0. The maximum Gasteiger partial charge on any atom is 0.274 e. The molecule has 1 aromatic rings. The van der Waals surface area contributed by atoms with Crippen molar-refractivity contribution in [1.29, 1.82) is 0 Å². The van der Waals surface area contributed by atoms with Gasteiger partial charge in [0.25, 0.3) is 5.91 Å². The lowest BCUT2D eigenvalue weighted by atomic mass is 10.1. The molecule has 2 fully saturated rings. The highest BCUT2D eigenvalue weighted by Gasteiger charge is 2.31. The SMILES string of the molecule is O=C(c1ccc(Cl)nn1)N(CC1CCCO1)C1CCSC1. The molecular formula is C14H18ClN3O2S. The molecule has 2 atom stereocenters. The second-order valence-corrected chi connectivity index (χ2v) is 6.89. The molecule has 1 amide bonds. The van der Waals surface area contributed by atoms with Crippen LogP contribution in [0.2, 0.25) is 5.15 Å². The van der Waals surface area contributed by atoms with Gasteiger partial charge in [0.15, 0.2) is 10.8 Å². The zero-order chi connectivity index (χ0) is 14.7. The van der Waals surface area contributed by atoms with Crippen molar-refractivity contribution in [1.82, 2.24) is 15.1 Å². The number of amides is 1. The fraction of sp³-hybridized carbons (Fsp3) is 0.643. The molecule has 2 aliphatic heterocycles. The average Bonchev–Trinajstić information content (AvgIpc) is 3.18. The summed E-state index contributed by atoms with van der Waals surface area (Å²) < 4.78 is 5.69. The molecule has 3 heterocycles. The highest BCUT2D eigenvalue weighted by molar-refractivity contribution is 7.99. The minimum atomic E-state index is -0.0674. The lowest BCUT2D eigenvalue weighted by Gasteiger charge is -2.30. The van der Waals surface area contributed by atoms with Crippen molar-refractivity contribution < 1.29 is 9.53 Å². The Bertz CT molecular complexity index is 487. The summed E-state index contributed by atoms with van der Waals surface area (Å²) in [7, 11) is 0. The van der Waals surface area contributed by atoms with Gasteiger partial charge in [0, 0.05) is 24.9 Å². The van der Waals surface area contributed by atoms with Gasteiger partial charge in [-0.1, -0.05) is 11.6 Å². The van der Waals surface area contributed by atoms with E-state index in [0.29, 0.717) is 17.4 Å². The van der Waals surface area contributed by atoms with Crippen LogP contribution in [-0.2, 0) is 4.74 Å². The van der Waals surface area contributed by atoms with Crippen molar-refractivity contribution in [2.45, 2.75) is 31.4 Å². The molecule has 5 nitrogen and oxygen atoms in total. The molecule has 0 aromatic carbocycles. The molecule has 0 bridgehead atoms. The van der Waals surface area contributed by atoms with E-state index in [0.717, 1.165) is 37.4 Å². The topological polar surface area (TPSA) is 55.3 Å². The van der Waals surface area contributed by atoms with E-state index in [1.807, 2.05) is 16.7 Å². The number of carbonyl (C=O) groups is 1. The molecule has 0 radical (unpaired) electrons. The van der Waals surface area contributed by atoms with Gasteiger partial charge in [0.05, 0.1) is 6.10 Å². The number of rotatable bonds is 4. The van der Waals surface area contributed by atoms with Crippen LogP contribution in [0.4, 0.5) is 0 Å².